The van der Waals surface area contributed by atoms with Crippen molar-refractivity contribution in [2.45, 2.75) is 13.3 Å². The third-order valence-corrected chi connectivity index (χ3v) is 6.55. The standard InChI is InChI=1S/C29H22N2O3/c1-17-11-12-21-23(15-17)34-24-16-22(30-14-13-18-7-3-2-4-8-18)25-26(27(24)31-21)29(33)20-10-6-5-9-19(20)28(25)32/h2-12,15-16,26,30H,13-14H2,1H3/p+1. The smallest absolute Gasteiger partial charge is 0.246 e. The number of Topliss-reactive ketones (excluding diaryl/α,β-unsaturated/α-hetero) is 2. The van der Waals surface area contributed by atoms with Gasteiger partial charge in [0.25, 0.3) is 0 Å². The Hall–Kier alpha value is -4.25. The van der Waals surface area contributed by atoms with Crippen LogP contribution >= 0.6 is 0 Å². The van der Waals surface area contributed by atoms with Crippen molar-refractivity contribution < 1.29 is 19.3 Å². The van der Waals surface area contributed by atoms with Crippen LogP contribution in [0.5, 0.6) is 5.75 Å². The maximum atomic E-state index is 13.7. The van der Waals surface area contributed by atoms with Gasteiger partial charge in [0.05, 0.1) is 0 Å². The quantitative estimate of drug-likeness (QED) is 0.645. The van der Waals surface area contributed by atoms with Gasteiger partial charge in [-0.25, -0.2) is 4.99 Å². The minimum absolute atomic E-state index is 0.0974. The third kappa shape index (κ3) is 3.28. The monoisotopic (exact) mass is 447 g/mol. The number of allylic oxidation sites excluding steroid dienone is 3. The largest absolute Gasteiger partial charge is 0.444 e. The third-order valence-electron chi connectivity index (χ3n) is 6.55. The zero-order chi connectivity index (χ0) is 23.2. The lowest BCUT2D eigenvalue weighted by molar-refractivity contribution is -0.361. The number of hydrogen-bond donors (Lipinski definition) is 2. The van der Waals surface area contributed by atoms with E-state index in [0.29, 0.717) is 46.2 Å². The zero-order valence-electron chi connectivity index (χ0n) is 18.7. The number of nitrogens with one attached hydrogen (secondary N) is 2. The molecule has 0 aromatic heterocycles. The Kier molecular flexibility index (Phi) is 4.77. The molecular formula is C29H23N2O3+. The summed E-state index contributed by atoms with van der Waals surface area (Å²) in [5.74, 6) is 0.310. The summed E-state index contributed by atoms with van der Waals surface area (Å²) in [5.41, 5.74) is 5.71. The summed E-state index contributed by atoms with van der Waals surface area (Å²) >= 11 is 0. The minimum atomic E-state index is -0.740. The van der Waals surface area contributed by atoms with E-state index >= 15 is 0 Å². The van der Waals surface area contributed by atoms with Crippen molar-refractivity contribution in [2.24, 2.45) is 5.92 Å². The van der Waals surface area contributed by atoms with Crippen LogP contribution in [0.2, 0.25) is 0 Å². The Morgan fingerprint density at radius 3 is 2.53 bits per heavy atom. The maximum Gasteiger partial charge on any atom is 0.246 e. The highest BCUT2D eigenvalue weighted by Gasteiger charge is 2.49. The molecule has 1 heterocycles. The van der Waals surface area contributed by atoms with Crippen LogP contribution in [0.15, 0.2) is 95.9 Å². The number of ketones is 2. The van der Waals surface area contributed by atoms with E-state index < -0.39 is 5.92 Å². The van der Waals surface area contributed by atoms with Crippen molar-refractivity contribution in [1.29, 1.82) is 0 Å². The topological polar surface area (TPSA) is 69.4 Å². The Bertz CT molecular complexity index is 1450. The molecule has 1 aliphatic heterocycles. The van der Waals surface area contributed by atoms with Gasteiger partial charge in [-0.1, -0.05) is 60.7 Å². The Labute approximate surface area is 197 Å². The van der Waals surface area contributed by atoms with Gasteiger partial charge in [0, 0.05) is 41.1 Å². The van der Waals surface area contributed by atoms with Crippen LogP contribution in [0.25, 0.3) is 0 Å². The molecule has 5 heteroatoms. The molecule has 6 rings (SSSR count). The van der Waals surface area contributed by atoms with Crippen LogP contribution in [-0.4, -0.2) is 23.8 Å². The van der Waals surface area contributed by atoms with E-state index in [2.05, 4.69) is 22.4 Å². The lowest BCUT2D eigenvalue weighted by Gasteiger charge is -2.31. The van der Waals surface area contributed by atoms with Crippen LogP contribution < -0.4 is 15.0 Å². The van der Waals surface area contributed by atoms with Crippen molar-refractivity contribution in [2.75, 3.05) is 6.54 Å². The van der Waals surface area contributed by atoms with Crippen molar-refractivity contribution in [3.8, 4) is 5.75 Å². The first-order chi connectivity index (χ1) is 16.6. The van der Waals surface area contributed by atoms with E-state index in [-0.39, 0.29) is 11.6 Å². The summed E-state index contributed by atoms with van der Waals surface area (Å²) in [6.45, 7) is 2.63. The molecule has 3 aromatic carbocycles. The SMILES string of the molecule is Cc1ccc2c(c1)OC1=CC(NCCc3ccccc3)=C3C(=O)c4ccccc4C(=O)C3C1=[NH+]2. The fourth-order valence-corrected chi connectivity index (χ4v) is 4.87. The summed E-state index contributed by atoms with van der Waals surface area (Å²) in [7, 11) is 0. The number of aryl methyl sites for hydroxylation is 1. The number of benzene rings is 3. The Morgan fingerprint density at radius 1 is 0.941 bits per heavy atom. The summed E-state index contributed by atoms with van der Waals surface area (Å²) in [6, 6.07) is 23.1. The lowest BCUT2D eigenvalue weighted by atomic mass is 9.72. The number of carbonyl (C=O) groups is 2. The fourth-order valence-electron chi connectivity index (χ4n) is 4.87. The average molecular weight is 448 g/mol. The number of fused-ring (bicyclic) bond motifs is 5. The van der Waals surface area contributed by atoms with Gasteiger partial charge >= 0.3 is 0 Å². The van der Waals surface area contributed by atoms with E-state index in [4.69, 9.17) is 4.74 Å². The summed E-state index contributed by atoms with van der Waals surface area (Å²) in [5, 5.41) is 3.43. The molecule has 3 aromatic rings. The highest BCUT2D eigenvalue weighted by Crippen LogP contribution is 2.38. The van der Waals surface area contributed by atoms with Crippen molar-refractivity contribution in [3.63, 3.8) is 0 Å². The Balaban J connectivity index is 1.45. The summed E-state index contributed by atoms with van der Waals surface area (Å²) in [4.78, 5) is 30.7. The Morgan fingerprint density at radius 2 is 1.71 bits per heavy atom. The molecule has 0 bridgehead atoms. The highest BCUT2D eigenvalue weighted by molar-refractivity contribution is 6.32. The van der Waals surface area contributed by atoms with Gasteiger partial charge < -0.3 is 10.1 Å². The molecule has 5 nitrogen and oxygen atoms in total. The average Bonchev–Trinajstić information content (AvgIpc) is 2.86. The number of hydrogen-bond acceptors (Lipinski definition) is 4. The van der Waals surface area contributed by atoms with Crippen LogP contribution in [0.4, 0.5) is 5.69 Å². The summed E-state index contributed by atoms with van der Waals surface area (Å²) < 4.78 is 6.26. The number of rotatable bonds is 4. The molecule has 0 amide bonds. The maximum absolute atomic E-state index is 13.7. The highest BCUT2D eigenvalue weighted by atomic mass is 16.5. The summed E-state index contributed by atoms with van der Waals surface area (Å²) in [6.07, 6.45) is 2.64. The van der Waals surface area contributed by atoms with E-state index in [0.717, 1.165) is 17.7 Å². The van der Waals surface area contributed by atoms with Gasteiger partial charge in [-0.15, -0.1) is 0 Å². The molecule has 3 aliphatic rings. The predicted octanol–water partition coefficient (Wildman–Crippen LogP) is 3.22. The van der Waals surface area contributed by atoms with Crippen molar-refractivity contribution in [3.05, 3.63) is 118 Å². The van der Waals surface area contributed by atoms with E-state index in [1.165, 1.54) is 5.56 Å². The molecule has 34 heavy (non-hydrogen) atoms. The second kappa shape index (κ2) is 7.96. The molecule has 0 fully saturated rings. The van der Waals surface area contributed by atoms with Crippen molar-refractivity contribution in [1.82, 2.24) is 5.32 Å². The molecule has 0 spiro atoms. The molecule has 2 aliphatic carbocycles. The first-order valence-electron chi connectivity index (χ1n) is 11.4. The first-order valence-corrected chi connectivity index (χ1v) is 11.4. The van der Waals surface area contributed by atoms with Gasteiger partial charge in [-0.3, -0.25) is 9.59 Å². The van der Waals surface area contributed by atoms with Gasteiger partial charge in [0.15, 0.2) is 23.1 Å². The second-order valence-electron chi connectivity index (χ2n) is 8.81. The number of carbonyl (C=O) groups excluding carboxylic acids is 2. The van der Waals surface area contributed by atoms with Crippen LogP contribution in [0, 0.1) is 12.8 Å². The minimum Gasteiger partial charge on any atom is -0.444 e. The van der Waals surface area contributed by atoms with Gasteiger partial charge in [0.1, 0.15) is 5.92 Å². The van der Waals surface area contributed by atoms with Crippen LogP contribution in [0.3, 0.4) is 0 Å². The molecule has 0 saturated heterocycles. The molecule has 166 valence electrons. The van der Waals surface area contributed by atoms with E-state index in [1.807, 2.05) is 49.4 Å². The molecule has 1 atom stereocenters. The van der Waals surface area contributed by atoms with Gasteiger partial charge in [-0.05, 0) is 30.5 Å². The zero-order valence-corrected chi connectivity index (χ0v) is 18.7. The normalized spacial score (nSPS) is 18.1. The van der Waals surface area contributed by atoms with E-state index in [1.54, 1.807) is 24.3 Å². The van der Waals surface area contributed by atoms with Crippen molar-refractivity contribution >= 4 is 23.0 Å². The first kappa shape index (κ1) is 20.4. The molecule has 0 saturated carbocycles. The van der Waals surface area contributed by atoms with Gasteiger partial charge in [0.2, 0.25) is 11.4 Å². The van der Waals surface area contributed by atoms with Crippen LogP contribution in [-0.2, 0) is 6.42 Å². The second-order valence-corrected chi connectivity index (χ2v) is 8.81. The molecule has 1 unspecified atom stereocenters. The van der Waals surface area contributed by atoms with Crippen LogP contribution in [0.1, 0.15) is 31.8 Å². The van der Waals surface area contributed by atoms with E-state index in [9.17, 15) is 9.59 Å². The number of ether oxygens (including phenoxy) is 1. The molecular weight excluding hydrogens is 424 g/mol. The molecule has 2 N–H and O–H groups in total. The molecule has 0 radical (unpaired) electrons. The lowest BCUT2D eigenvalue weighted by Crippen LogP contribution is -2.72. The van der Waals surface area contributed by atoms with Gasteiger partial charge in [-0.2, -0.15) is 0 Å². The fraction of sp³-hybridized carbons (Fsp3) is 0.138. The predicted molar refractivity (Wildman–Crippen MR) is 129 cm³/mol.